The van der Waals surface area contributed by atoms with Crippen molar-refractivity contribution in [3.05, 3.63) is 117 Å². The summed E-state index contributed by atoms with van der Waals surface area (Å²) in [5.41, 5.74) is 6.23. The Kier molecular flexibility index (Phi) is 6.08. The van der Waals surface area contributed by atoms with Crippen molar-refractivity contribution < 1.29 is 20.1 Å². The van der Waals surface area contributed by atoms with Crippen molar-refractivity contribution in [2.45, 2.75) is 25.7 Å². The average molecular weight is 463 g/mol. The second-order valence-corrected chi connectivity index (χ2v) is 8.88. The Morgan fingerprint density at radius 1 is 0.543 bits per heavy atom. The number of rotatable bonds is 2. The van der Waals surface area contributed by atoms with Gasteiger partial charge >= 0.3 is 0 Å². The molecule has 4 aromatic rings. The van der Waals surface area contributed by atoms with E-state index in [1.54, 1.807) is 0 Å². The lowest BCUT2D eigenvalue weighted by Gasteiger charge is -2.18. The van der Waals surface area contributed by atoms with Gasteiger partial charge in [-0.1, -0.05) is 78.7 Å². The van der Waals surface area contributed by atoms with Gasteiger partial charge in [-0.15, -0.1) is 6.42 Å². The summed E-state index contributed by atoms with van der Waals surface area (Å²) < 4.78 is 6.00. The van der Waals surface area contributed by atoms with Gasteiger partial charge in [-0.3, -0.25) is 0 Å². The van der Waals surface area contributed by atoms with Gasteiger partial charge in [0.25, 0.3) is 0 Å². The zero-order chi connectivity index (χ0) is 24.4. The van der Waals surface area contributed by atoms with Gasteiger partial charge in [-0.2, -0.15) is 0 Å². The molecule has 0 aliphatic heterocycles. The van der Waals surface area contributed by atoms with Crippen LogP contribution in [0.2, 0.25) is 0 Å². The summed E-state index contributed by atoms with van der Waals surface area (Å²) in [6, 6.07) is 22.9. The third-order valence-electron chi connectivity index (χ3n) is 6.61. The van der Waals surface area contributed by atoms with Gasteiger partial charge in [0, 0.05) is 25.7 Å². The zero-order valence-corrected chi connectivity index (χ0v) is 19.3. The predicted octanol–water partition coefficient (Wildman–Crippen LogP) is 5.49. The van der Waals surface area contributed by atoms with Crippen LogP contribution < -0.4 is 4.74 Å². The van der Waals surface area contributed by atoms with Crippen molar-refractivity contribution in [1.29, 1.82) is 0 Å². The maximum absolute atomic E-state index is 11.1. The van der Waals surface area contributed by atoms with Crippen LogP contribution in [0.25, 0.3) is 0 Å². The summed E-state index contributed by atoms with van der Waals surface area (Å²) in [4.78, 5) is 0. The van der Waals surface area contributed by atoms with Gasteiger partial charge in [0.2, 0.25) is 0 Å². The molecule has 0 spiro atoms. The quantitative estimate of drug-likeness (QED) is 0.303. The van der Waals surface area contributed by atoms with Crippen LogP contribution in [0.1, 0.15) is 44.5 Å². The molecule has 0 radical (unpaired) electrons. The second-order valence-electron chi connectivity index (χ2n) is 8.88. The highest BCUT2D eigenvalue weighted by atomic mass is 16.5. The molecule has 1 aliphatic carbocycles. The summed E-state index contributed by atoms with van der Waals surface area (Å²) in [6.07, 6.45) is 7.15. The molecule has 0 saturated heterocycles. The first-order valence-electron chi connectivity index (χ1n) is 11.6. The number of ether oxygens (including phenoxy) is 1. The molecule has 4 nitrogen and oxygen atoms in total. The van der Waals surface area contributed by atoms with E-state index in [0.29, 0.717) is 31.4 Å². The molecule has 35 heavy (non-hydrogen) atoms. The van der Waals surface area contributed by atoms with Gasteiger partial charge < -0.3 is 20.1 Å². The van der Waals surface area contributed by atoms with Gasteiger partial charge in [-0.05, 0) is 44.5 Å². The van der Waals surface area contributed by atoms with E-state index in [1.165, 1.54) is 0 Å². The van der Waals surface area contributed by atoms with E-state index in [2.05, 4.69) is 5.92 Å². The SMILES string of the molecule is C#CCOc1c2cccc1Cc1cccc(c1O)Cc1cccc(c1O)Cc1cccc(c1O)C2. The molecule has 0 aromatic heterocycles. The first-order chi connectivity index (χ1) is 17.0. The Morgan fingerprint density at radius 2 is 0.829 bits per heavy atom. The van der Waals surface area contributed by atoms with E-state index in [4.69, 9.17) is 11.2 Å². The highest BCUT2D eigenvalue weighted by Gasteiger charge is 2.19. The summed E-state index contributed by atoms with van der Waals surface area (Å²) >= 11 is 0. The molecule has 4 aromatic carbocycles. The number of benzene rings is 4. The fourth-order valence-electron chi connectivity index (χ4n) is 4.83. The summed E-state index contributed by atoms with van der Waals surface area (Å²) in [5, 5.41) is 33.3. The van der Waals surface area contributed by atoms with E-state index in [0.717, 1.165) is 44.5 Å². The predicted molar refractivity (Wildman–Crippen MR) is 136 cm³/mol. The molecular weight excluding hydrogens is 436 g/mol. The molecule has 174 valence electrons. The fourth-order valence-corrected chi connectivity index (χ4v) is 4.83. The van der Waals surface area contributed by atoms with E-state index < -0.39 is 0 Å². The van der Waals surface area contributed by atoms with E-state index in [-0.39, 0.29) is 23.9 Å². The smallest absolute Gasteiger partial charge is 0.148 e. The Morgan fingerprint density at radius 3 is 1.14 bits per heavy atom. The minimum Gasteiger partial charge on any atom is -0.507 e. The standard InChI is InChI=1S/C31H26O4/c1-2-15-35-31-26-13-6-14-27(31)19-25-12-5-10-23(30(25)34)17-21-8-3-7-20(28(21)32)16-22-9-4-11-24(18-26)29(22)33/h1,3-14,32-34H,15-19H2. The number of fused-ring (bicyclic) bond motifs is 8. The summed E-state index contributed by atoms with van der Waals surface area (Å²) in [5.74, 6) is 3.82. The first-order valence-corrected chi connectivity index (χ1v) is 11.6. The lowest BCUT2D eigenvalue weighted by Crippen LogP contribution is -2.05. The van der Waals surface area contributed by atoms with Crippen molar-refractivity contribution in [3.8, 4) is 35.3 Å². The van der Waals surface area contributed by atoms with Crippen LogP contribution in [0.3, 0.4) is 0 Å². The van der Waals surface area contributed by atoms with Gasteiger partial charge in [0.15, 0.2) is 0 Å². The van der Waals surface area contributed by atoms with Crippen molar-refractivity contribution in [1.82, 2.24) is 0 Å². The minimum absolute atomic E-state index is 0.121. The fraction of sp³-hybridized carbons (Fsp3) is 0.161. The number of phenolic OH excluding ortho intramolecular Hbond substituents is 3. The molecule has 0 fully saturated rings. The van der Waals surface area contributed by atoms with Crippen LogP contribution in [0.5, 0.6) is 23.0 Å². The average Bonchev–Trinajstić information content (AvgIpc) is 2.85. The Bertz CT molecular complexity index is 1350. The Balaban J connectivity index is 1.71. The van der Waals surface area contributed by atoms with Crippen molar-refractivity contribution in [2.24, 2.45) is 0 Å². The van der Waals surface area contributed by atoms with E-state index in [1.807, 2.05) is 72.8 Å². The minimum atomic E-state index is 0.121. The van der Waals surface area contributed by atoms with Crippen LogP contribution in [-0.4, -0.2) is 21.9 Å². The topological polar surface area (TPSA) is 69.9 Å². The Labute approximate surface area is 205 Å². The Hall–Kier alpha value is -4.36. The molecule has 8 bridgehead atoms. The highest BCUT2D eigenvalue weighted by Crippen LogP contribution is 2.37. The maximum Gasteiger partial charge on any atom is 0.148 e. The number of para-hydroxylation sites is 4. The number of hydrogen-bond acceptors (Lipinski definition) is 4. The maximum atomic E-state index is 11.1. The second kappa shape index (κ2) is 9.48. The van der Waals surface area contributed by atoms with Crippen LogP contribution in [0, 0.1) is 12.3 Å². The summed E-state index contributed by atoms with van der Waals surface area (Å²) in [7, 11) is 0. The van der Waals surface area contributed by atoms with E-state index in [9.17, 15) is 15.3 Å². The van der Waals surface area contributed by atoms with Crippen LogP contribution in [0.15, 0.2) is 72.8 Å². The molecule has 0 saturated carbocycles. The number of aromatic hydroxyl groups is 3. The third kappa shape index (κ3) is 4.41. The molecule has 1 aliphatic rings. The molecule has 4 heteroatoms. The van der Waals surface area contributed by atoms with Crippen molar-refractivity contribution in [2.75, 3.05) is 6.61 Å². The molecule has 0 atom stereocenters. The van der Waals surface area contributed by atoms with Gasteiger partial charge in [0.05, 0.1) is 0 Å². The largest absolute Gasteiger partial charge is 0.507 e. The number of phenols is 3. The first kappa shape index (κ1) is 22.4. The monoisotopic (exact) mass is 462 g/mol. The lowest BCUT2D eigenvalue weighted by molar-refractivity contribution is 0.363. The number of hydrogen-bond donors (Lipinski definition) is 3. The molecule has 0 heterocycles. The molecule has 0 amide bonds. The van der Waals surface area contributed by atoms with Crippen molar-refractivity contribution in [3.63, 3.8) is 0 Å². The molecule has 3 N–H and O–H groups in total. The normalized spacial score (nSPS) is 12.5. The van der Waals surface area contributed by atoms with Crippen LogP contribution in [-0.2, 0) is 25.7 Å². The van der Waals surface area contributed by atoms with Gasteiger partial charge in [-0.25, -0.2) is 0 Å². The summed E-state index contributed by atoms with van der Waals surface area (Å²) in [6.45, 7) is 0.121. The van der Waals surface area contributed by atoms with Crippen molar-refractivity contribution >= 4 is 0 Å². The van der Waals surface area contributed by atoms with Gasteiger partial charge in [0.1, 0.15) is 29.6 Å². The zero-order valence-electron chi connectivity index (χ0n) is 19.3. The molecule has 0 unspecified atom stereocenters. The third-order valence-corrected chi connectivity index (χ3v) is 6.61. The molecule has 5 rings (SSSR count). The van der Waals surface area contributed by atoms with E-state index >= 15 is 0 Å². The van der Waals surface area contributed by atoms with Crippen LogP contribution in [0.4, 0.5) is 0 Å². The number of terminal acetylenes is 1. The highest BCUT2D eigenvalue weighted by molar-refractivity contribution is 5.55. The van der Waals surface area contributed by atoms with Crippen LogP contribution >= 0.6 is 0 Å². The lowest BCUT2D eigenvalue weighted by atomic mass is 9.91. The molecular formula is C31H26O4.